The van der Waals surface area contributed by atoms with Crippen LogP contribution in [0.4, 0.5) is 5.69 Å². The van der Waals surface area contributed by atoms with Gasteiger partial charge in [0.1, 0.15) is 11.5 Å². The van der Waals surface area contributed by atoms with E-state index in [0.717, 1.165) is 30.9 Å². The molecule has 2 amide bonds. The third kappa shape index (κ3) is 5.14. The molecule has 0 bridgehead atoms. The van der Waals surface area contributed by atoms with Crippen molar-refractivity contribution in [3.63, 3.8) is 0 Å². The molecule has 0 fully saturated rings. The van der Waals surface area contributed by atoms with Gasteiger partial charge in [-0.2, -0.15) is 0 Å². The van der Waals surface area contributed by atoms with Gasteiger partial charge < -0.3 is 25.0 Å². The Morgan fingerprint density at radius 3 is 2.72 bits per heavy atom. The van der Waals surface area contributed by atoms with Crippen molar-refractivity contribution in [1.29, 1.82) is 0 Å². The van der Waals surface area contributed by atoms with Crippen LogP contribution >= 0.6 is 0 Å². The van der Waals surface area contributed by atoms with E-state index >= 15 is 0 Å². The molecule has 0 radical (unpaired) electrons. The van der Waals surface area contributed by atoms with Crippen LogP contribution in [-0.4, -0.2) is 73.6 Å². The van der Waals surface area contributed by atoms with Crippen LogP contribution in [0.3, 0.4) is 0 Å². The Hall–Kier alpha value is -2.87. The summed E-state index contributed by atoms with van der Waals surface area (Å²) in [4.78, 5) is 33.6. The van der Waals surface area contributed by atoms with Crippen LogP contribution in [0.15, 0.2) is 30.5 Å². The molecule has 2 N–H and O–H groups in total. The largest absolute Gasteiger partial charge is 0.378 e. The smallest absolute Gasteiger partial charge is 0.269 e. The molecular formula is C21H30N6O2. The lowest BCUT2D eigenvalue weighted by Gasteiger charge is -2.26. The van der Waals surface area contributed by atoms with Gasteiger partial charge >= 0.3 is 0 Å². The SMILES string of the molecule is CN(C)CCNC(=O)c1cnc2n1CC(NC(=O)c1cccc(N(C)C)c1)CC2. The highest BCUT2D eigenvalue weighted by Gasteiger charge is 2.25. The minimum atomic E-state index is -0.128. The first-order chi connectivity index (χ1) is 13.8. The van der Waals surface area contributed by atoms with E-state index in [1.165, 1.54) is 0 Å². The number of carbonyl (C=O) groups excluding carboxylic acids is 2. The number of hydrogen-bond donors (Lipinski definition) is 2. The monoisotopic (exact) mass is 398 g/mol. The second-order valence-electron chi connectivity index (χ2n) is 7.88. The second kappa shape index (κ2) is 9.09. The summed E-state index contributed by atoms with van der Waals surface area (Å²) >= 11 is 0. The van der Waals surface area contributed by atoms with E-state index in [1.807, 2.05) is 66.8 Å². The van der Waals surface area contributed by atoms with Crippen molar-refractivity contribution in [1.82, 2.24) is 25.1 Å². The first kappa shape index (κ1) is 20.9. The maximum atomic E-state index is 12.7. The van der Waals surface area contributed by atoms with E-state index in [1.54, 1.807) is 6.20 Å². The average Bonchev–Trinajstić information content (AvgIpc) is 3.11. The summed E-state index contributed by atoms with van der Waals surface area (Å²) in [5.41, 5.74) is 2.16. The van der Waals surface area contributed by atoms with Gasteiger partial charge in [-0.1, -0.05) is 6.07 Å². The lowest BCUT2D eigenvalue weighted by atomic mass is 10.1. The highest BCUT2D eigenvalue weighted by Crippen LogP contribution is 2.18. The van der Waals surface area contributed by atoms with Gasteiger partial charge in [-0.25, -0.2) is 4.98 Å². The molecule has 1 aliphatic heterocycles. The van der Waals surface area contributed by atoms with Crippen molar-refractivity contribution in [2.75, 3.05) is 46.2 Å². The molecule has 0 saturated carbocycles. The number of benzene rings is 1. The van der Waals surface area contributed by atoms with Crippen LogP contribution in [0.25, 0.3) is 0 Å². The highest BCUT2D eigenvalue weighted by molar-refractivity contribution is 5.95. The number of nitrogens with one attached hydrogen (secondary N) is 2. The topological polar surface area (TPSA) is 82.5 Å². The van der Waals surface area contributed by atoms with Gasteiger partial charge in [-0.3, -0.25) is 9.59 Å². The maximum absolute atomic E-state index is 12.7. The fourth-order valence-corrected chi connectivity index (χ4v) is 3.41. The number of anilines is 1. The van der Waals surface area contributed by atoms with E-state index in [0.29, 0.717) is 24.3 Å². The van der Waals surface area contributed by atoms with Gasteiger partial charge in [0.2, 0.25) is 0 Å². The number of imidazole rings is 1. The normalized spacial score (nSPS) is 15.7. The molecular weight excluding hydrogens is 368 g/mol. The number of fused-ring (bicyclic) bond motifs is 1. The summed E-state index contributed by atoms with van der Waals surface area (Å²) in [5.74, 6) is 0.665. The van der Waals surface area contributed by atoms with Crippen molar-refractivity contribution in [3.05, 3.63) is 47.5 Å². The highest BCUT2D eigenvalue weighted by atomic mass is 16.2. The Morgan fingerprint density at radius 2 is 2.00 bits per heavy atom. The number of hydrogen-bond acceptors (Lipinski definition) is 5. The van der Waals surface area contributed by atoms with Crippen LogP contribution in [0, 0.1) is 0 Å². The molecule has 1 aromatic carbocycles. The number of aromatic nitrogens is 2. The molecule has 1 aromatic heterocycles. The van der Waals surface area contributed by atoms with Gasteiger partial charge in [0.15, 0.2) is 0 Å². The molecule has 1 aliphatic rings. The van der Waals surface area contributed by atoms with Gasteiger partial charge in [0, 0.05) is 57.4 Å². The third-order valence-corrected chi connectivity index (χ3v) is 5.09. The lowest BCUT2D eigenvalue weighted by Crippen LogP contribution is -2.42. The predicted molar refractivity (Wildman–Crippen MR) is 113 cm³/mol. The van der Waals surface area contributed by atoms with E-state index in [2.05, 4.69) is 15.6 Å². The summed E-state index contributed by atoms with van der Waals surface area (Å²) in [6.07, 6.45) is 3.16. The first-order valence-electron chi connectivity index (χ1n) is 9.90. The standard InChI is InChI=1S/C21H30N6O2/c1-25(2)11-10-22-21(29)18-13-23-19-9-8-16(14-27(18)19)24-20(28)15-6-5-7-17(12-15)26(3)4/h5-7,12-13,16H,8-11,14H2,1-4H3,(H,22,29)(H,24,28). The number of nitrogens with zero attached hydrogens (tertiary/aromatic N) is 4. The van der Waals surface area contributed by atoms with Crippen molar-refractivity contribution in [2.45, 2.75) is 25.4 Å². The van der Waals surface area contributed by atoms with Gasteiger partial charge in [0.05, 0.1) is 6.20 Å². The van der Waals surface area contributed by atoms with Crippen LogP contribution in [-0.2, 0) is 13.0 Å². The van der Waals surface area contributed by atoms with Crippen molar-refractivity contribution in [2.24, 2.45) is 0 Å². The summed E-state index contributed by atoms with van der Waals surface area (Å²) in [5, 5.41) is 6.04. The van der Waals surface area contributed by atoms with Crippen LogP contribution in [0.5, 0.6) is 0 Å². The Kier molecular flexibility index (Phi) is 6.53. The fraction of sp³-hybridized carbons (Fsp3) is 0.476. The molecule has 0 aliphatic carbocycles. The van der Waals surface area contributed by atoms with Crippen LogP contribution in [0.1, 0.15) is 33.1 Å². The number of likely N-dealkylation sites (N-methyl/N-ethyl adjacent to an activating group) is 1. The Balaban J connectivity index is 1.65. The zero-order valence-electron chi connectivity index (χ0n) is 17.6. The third-order valence-electron chi connectivity index (χ3n) is 5.09. The molecule has 8 nitrogen and oxygen atoms in total. The Morgan fingerprint density at radius 1 is 1.21 bits per heavy atom. The van der Waals surface area contributed by atoms with Gasteiger partial charge in [-0.05, 0) is 38.7 Å². The molecule has 1 atom stereocenters. The van der Waals surface area contributed by atoms with Crippen LogP contribution < -0.4 is 15.5 Å². The van der Waals surface area contributed by atoms with Gasteiger partial charge in [0.25, 0.3) is 11.8 Å². The summed E-state index contributed by atoms with van der Waals surface area (Å²) in [6.45, 7) is 1.90. The predicted octanol–water partition coefficient (Wildman–Crippen LogP) is 0.985. The molecule has 0 spiro atoms. The van der Waals surface area contributed by atoms with E-state index in [4.69, 9.17) is 0 Å². The lowest BCUT2D eigenvalue weighted by molar-refractivity contribution is 0.0925. The van der Waals surface area contributed by atoms with Crippen molar-refractivity contribution < 1.29 is 9.59 Å². The number of amides is 2. The molecule has 2 heterocycles. The zero-order chi connectivity index (χ0) is 21.0. The maximum Gasteiger partial charge on any atom is 0.269 e. The minimum absolute atomic E-state index is 0.0412. The molecule has 3 rings (SSSR count). The van der Waals surface area contributed by atoms with Crippen LogP contribution in [0.2, 0.25) is 0 Å². The Labute approximate surface area is 171 Å². The van der Waals surface area contributed by atoms with Crippen molar-refractivity contribution in [3.8, 4) is 0 Å². The second-order valence-corrected chi connectivity index (χ2v) is 7.88. The quantitative estimate of drug-likeness (QED) is 0.727. The molecule has 29 heavy (non-hydrogen) atoms. The van der Waals surface area contributed by atoms with E-state index in [9.17, 15) is 9.59 Å². The number of aryl methyl sites for hydroxylation is 1. The molecule has 1 unspecified atom stereocenters. The minimum Gasteiger partial charge on any atom is -0.378 e. The first-order valence-corrected chi connectivity index (χ1v) is 9.90. The molecule has 2 aromatic rings. The molecule has 156 valence electrons. The van der Waals surface area contributed by atoms with Crippen molar-refractivity contribution >= 4 is 17.5 Å². The summed E-state index contributed by atoms with van der Waals surface area (Å²) < 4.78 is 1.93. The number of carbonyl (C=O) groups is 2. The van der Waals surface area contributed by atoms with Gasteiger partial charge in [-0.15, -0.1) is 0 Å². The average molecular weight is 399 g/mol. The zero-order valence-corrected chi connectivity index (χ0v) is 17.6. The number of rotatable bonds is 7. The molecule has 0 saturated heterocycles. The fourth-order valence-electron chi connectivity index (χ4n) is 3.41. The summed E-state index contributed by atoms with van der Waals surface area (Å²) in [7, 11) is 7.83. The summed E-state index contributed by atoms with van der Waals surface area (Å²) in [6, 6.07) is 7.51. The molecule has 8 heteroatoms. The Bertz CT molecular complexity index is 874. The van der Waals surface area contributed by atoms with E-state index in [-0.39, 0.29) is 17.9 Å². The van der Waals surface area contributed by atoms with E-state index < -0.39 is 0 Å².